The van der Waals surface area contributed by atoms with E-state index in [1.54, 1.807) is 0 Å². The van der Waals surface area contributed by atoms with E-state index in [1.165, 1.54) is 31.0 Å². The number of benzene rings is 1. The first-order valence-corrected chi connectivity index (χ1v) is 7.90. The van der Waals surface area contributed by atoms with E-state index < -0.39 is 11.7 Å². The molecule has 1 heterocycles. The van der Waals surface area contributed by atoms with Crippen LogP contribution in [0.25, 0.3) is 0 Å². The molecule has 1 fully saturated rings. The summed E-state index contributed by atoms with van der Waals surface area (Å²) in [6.07, 6.45) is 3.36. The van der Waals surface area contributed by atoms with Gasteiger partial charge in [-0.3, -0.25) is 4.79 Å². The maximum Gasteiger partial charge on any atom is 0.255 e. The van der Waals surface area contributed by atoms with E-state index in [-0.39, 0.29) is 10.6 Å². The molecule has 1 aliphatic rings. The van der Waals surface area contributed by atoms with Gasteiger partial charge in [0.1, 0.15) is 5.82 Å². The molecule has 1 aromatic carbocycles. The van der Waals surface area contributed by atoms with Crippen molar-refractivity contribution in [3.05, 3.63) is 34.6 Å². The van der Waals surface area contributed by atoms with E-state index >= 15 is 0 Å². The van der Waals surface area contributed by atoms with Crippen LogP contribution in [-0.2, 0) is 0 Å². The Morgan fingerprint density at radius 1 is 1.43 bits per heavy atom. The summed E-state index contributed by atoms with van der Waals surface area (Å²) >= 11 is 5.86. The van der Waals surface area contributed by atoms with Gasteiger partial charge in [-0.05, 0) is 56.9 Å². The smallest absolute Gasteiger partial charge is 0.255 e. The molecule has 0 atom stereocenters. The lowest BCUT2D eigenvalue weighted by Gasteiger charge is -2.30. The van der Waals surface area contributed by atoms with Crippen LogP contribution >= 0.6 is 11.6 Å². The molecular weight excluding hydrogens is 291 g/mol. The third-order valence-electron chi connectivity index (χ3n) is 4.00. The van der Waals surface area contributed by atoms with E-state index in [1.807, 2.05) is 0 Å². The number of carbonyl (C=O) groups excluding carboxylic acids is 1. The third kappa shape index (κ3) is 4.68. The number of hydrogen-bond donors (Lipinski definition) is 1. The van der Waals surface area contributed by atoms with Crippen LogP contribution in [0.5, 0.6) is 0 Å². The Morgan fingerprint density at radius 3 is 2.81 bits per heavy atom. The minimum absolute atomic E-state index is 0.0639. The van der Waals surface area contributed by atoms with E-state index in [0.717, 1.165) is 32.0 Å². The molecular formula is C16H22ClFN2O. The molecule has 2 rings (SSSR count). The largest absolute Gasteiger partial charge is 0.352 e. The van der Waals surface area contributed by atoms with Crippen molar-refractivity contribution < 1.29 is 9.18 Å². The zero-order valence-electron chi connectivity index (χ0n) is 12.4. The standard InChI is InChI=1S/C16H22ClFN2O/c1-12-6-10-20(11-7-12)9-3-8-19-16(21)15-13(17)4-2-5-14(15)18/h2,4-5,12H,3,6-11H2,1H3,(H,19,21). The minimum Gasteiger partial charge on any atom is -0.352 e. The van der Waals surface area contributed by atoms with Crippen LogP contribution in [0.15, 0.2) is 18.2 Å². The topological polar surface area (TPSA) is 32.3 Å². The van der Waals surface area contributed by atoms with Gasteiger partial charge in [0, 0.05) is 6.54 Å². The Balaban J connectivity index is 1.72. The number of nitrogens with zero attached hydrogens (tertiary/aromatic N) is 1. The molecule has 3 nitrogen and oxygen atoms in total. The van der Waals surface area contributed by atoms with Crippen LogP contribution in [0.4, 0.5) is 4.39 Å². The molecule has 1 saturated heterocycles. The van der Waals surface area contributed by atoms with Gasteiger partial charge in [-0.15, -0.1) is 0 Å². The molecule has 1 aliphatic heterocycles. The number of likely N-dealkylation sites (tertiary alicyclic amines) is 1. The molecule has 1 aromatic rings. The minimum atomic E-state index is -0.579. The summed E-state index contributed by atoms with van der Waals surface area (Å²) in [5.41, 5.74) is -0.0639. The Labute approximate surface area is 130 Å². The number of amides is 1. The van der Waals surface area contributed by atoms with Crippen molar-refractivity contribution in [2.75, 3.05) is 26.2 Å². The van der Waals surface area contributed by atoms with Crippen molar-refractivity contribution in [3.63, 3.8) is 0 Å². The van der Waals surface area contributed by atoms with Crippen LogP contribution < -0.4 is 5.32 Å². The highest BCUT2D eigenvalue weighted by Crippen LogP contribution is 2.18. The van der Waals surface area contributed by atoms with Gasteiger partial charge in [0.15, 0.2) is 0 Å². The molecule has 0 saturated carbocycles. The van der Waals surface area contributed by atoms with Crippen LogP contribution in [-0.4, -0.2) is 37.0 Å². The number of hydrogen-bond acceptors (Lipinski definition) is 2. The van der Waals surface area contributed by atoms with Crippen LogP contribution in [0.2, 0.25) is 5.02 Å². The van der Waals surface area contributed by atoms with Crippen molar-refractivity contribution in [2.45, 2.75) is 26.2 Å². The number of rotatable bonds is 5. The van der Waals surface area contributed by atoms with Gasteiger partial charge in [-0.1, -0.05) is 24.6 Å². The first-order chi connectivity index (χ1) is 10.1. The Hall–Kier alpha value is -1.13. The van der Waals surface area contributed by atoms with E-state index in [2.05, 4.69) is 17.1 Å². The normalized spacial score (nSPS) is 16.9. The summed E-state index contributed by atoms with van der Waals surface area (Å²) in [7, 11) is 0. The molecule has 0 bridgehead atoms. The lowest BCUT2D eigenvalue weighted by atomic mass is 9.99. The number of halogens is 2. The molecule has 116 valence electrons. The van der Waals surface area contributed by atoms with Crippen LogP contribution in [0.3, 0.4) is 0 Å². The quantitative estimate of drug-likeness (QED) is 0.846. The highest BCUT2D eigenvalue weighted by atomic mass is 35.5. The summed E-state index contributed by atoms with van der Waals surface area (Å²) in [5, 5.41) is 2.89. The van der Waals surface area contributed by atoms with Gasteiger partial charge < -0.3 is 10.2 Å². The first-order valence-electron chi connectivity index (χ1n) is 7.52. The average molecular weight is 313 g/mol. The van der Waals surface area contributed by atoms with E-state index in [0.29, 0.717) is 6.54 Å². The highest BCUT2D eigenvalue weighted by Gasteiger charge is 2.16. The number of carbonyl (C=O) groups is 1. The van der Waals surface area contributed by atoms with Crippen molar-refractivity contribution in [3.8, 4) is 0 Å². The summed E-state index contributed by atoms with van der Waals surface area (Å²) in [5.74, 6) is -0.195. The molecule has 0 aliphatic carbocycles. The molecule has 0 unspecified atom stereocenters. The van der Waals surface area contributed by atoms with E-state index in [9.17, 15) is 9.18 Å². The Bertz CT molecular complexity index is 467. The molecule has 1 amide bonds. The van der Waals surface area contributed by atoms with Gasteiger partial charge in [0.05, 0.1) is 10.6 Å². The fourth-order valence-corrected chi connectivity index (χ4v) is 2.84. The second kappa shape index (κ2) is 7.76. The third-order valence-corrected chi connectivity index (χ3v) is 4.32. The summed E-state index contributed by atoms with van der Waals surface area (Å²) in [4.78, 5) is 14.4. The van der Waals surface area contributed by atoms with Crippen molar-refractivity contribution >= 4 is 17.5 Å². The number of nitrogens with one attached hydrogen (secondary N) is 1. The van der Waals surface area contributed by atoms with Gasteiger partial charge in [0.25, 0.3) is 5.91 Å². The molecule has 21 heavy (non-hydrogen) atoms. The summed E-state index contributed by atoms with van der Waals surface area (Å²) in [6.45, 7) is 6.06. The van der Waals surface area contributed by atoms with Gasteiger partial charge in [-0.25, -0.2) is 4.39 Å². The molecule has 0 aromatic heterocycles. The van der Waals surface area contributed by atoms with Crippen molar-refractivity contribution in [2.24, 2.45) is 5.92 Å². The zero-order valence-corrected chi connectivity index (χ0v) is 13.1. The Morgan fingerprint density at radius 2 is 2.14 bits per heavy atom. The van der Waals surface area contributed by atoms with Crippen molar-refractivity contribution in [1.29, 1.82) is 0 Å². The number of piperidine rings is 1. The predicted octanol–water partition coefficient (Wildman–Crippen LogP) is 3.33. The second-order valence-corrected chi connectivity index (χ2v) is 6.14. The lowest BCUT2D eigenvalue weighted by Crippen LogP contribution is -2.35. The van der Waals surface area contributed by atoms with Crippen molar-refractivity contribution in [1.82, 2.24) is 10.2 Å². The van der Waals surface area contributed by atoms with E-state index in [4.69, 9.17) is 11.6 Å². The monoisotopic (exact) mass is 312 g/mol. The molecule has 0 radical (unpaired) electrons. The molecule has 0 spiro atoms. The maximum atomic E-state index is 13.6. The summed E-state index contributed by atoms with van der Waals surface area (Å²) < 4.78 is 13.6. The van der Waals surface area contributed by atoms with Gasteiger partial charge >= 0.3 is 0 Å². The second-order valence-electron chi connectivity index (χ2n) is 5.73. The van der Waals surface area contributed by atoms with Gasteiger partial charge in [-0.2, -0.15) is 0 Å². The fourth-order valence-electron chi connectivity index (χ4n) is 2.59. The van der Waals surface area contributed by atoms with Crippen LogP contribution in [0.1, 0.15) is 36.5 Å². The molecule has 5 heteroatoms. The first kappa shape index (κ1) is 16.2. The lowest BCUT2D eigenvalue weighted by molar-refractivity contribution is 0.0946. The fraction of sp³-hybridized carbons (Fsp3) is 0.562. The predicted molar refractivity (Wildman–Crippen MR) is 83.2 cm³/mol. The highest BCUT2D eigenvalue weighted by molar-refractivity contribution is 6.33. The summed E-state index contributed by atoms with van der Waals surface area (Å²) in [6, 6.07) is 4.26. The molecule has 1 N–H and O–H groups in total. The maximum absolute atomic E-state index is 13.6. The zero-order chi connectivity index (χ0) is 15.2. The average Bonchev–Trinajstić information content (AvgIpc) is 2.45. The Kier molecular flexibility index (Phi) is 6.00. The van der Waals surface area contributed by atoms with Gasteiger partial charge in [0.2, 0.25) is 0 Å². The SMILES string of the molecule is CC1CCN(CCCNC(=O)c2c(F)cccc2Cl)CC1. The van der Waals surface area contributed by atoms with Crippen LogP contribution in [0, 0.1) is 11.7 Å².